The molecular weight excluding hydrogens is 220 g/mol. The molecule has 90 valence electrons. The van der Waals surface area contributed by atoms with Crippen LogP contribution in [0.1, 0.15) is 35.6 Å². The van der Waals surface area contributed by atoms with Crippen molar-refractivity contribution < 1.29 is 0 Å². The van der Waals surface area contributed by atoms with Crippen LogP contribution in [0.5, 0.6) is 0 Å². The molecule has 2 aromatic rings. The van der Waals surface area contributed by atoms with E-state index in [4.69, 9.17) is 11.0 Å². The Morgan fingerprint density at radius 3 is 2.33 bits per heavy atom. The van der Waals surface area contributed by atoms with E-state index >= 15 is 0 Å². The van der Waals surface area contributed by atoms with E-state index < -0.39 is 0 Å². The van der Waals surface area contributed by atoms with Crippen LogP contribution in [0.3, 0.4) is 0 Å². The summed E-state index contributed by atoms with van der Waals surface area (Å²) in [4.78, 5) is 0. The average Bonchev–Trinajstić information content (AvgIpc) is 2.46. The van der Waals surface area contributed by atoms with Crippen LogP contribution in [0.4, 0.5) is 0 Å². The van der Waals surface area contributed by atoms with Crippen LogP contribution in [0.15, 0.2) is 54.6 Å². The Balaban J connectivity index is 2.26. The summed E-state index contributed by atoms with van der Waals surface area (Å²) >= 11 is 0. The molecule has 2 rings (SSSR count). The second kappa shape index (κ2) is 5.48. The number of nitriles is 1. The largest absolute Gasteiger partial charge is 0.323 e. The first-order valence-electron chi connectivity index (χ1n) is 6.03. The van der Waals surface area contributed by atoms with Crippen LogP contribution in [-0.4, -0.2) is 0 Å². The molecule has 2 heteroatoms. The maximum absolute atomic E-state index is 8.91. The quantitative estimate of drug-likeness (QED) is 0.888. The Morgan fingerprint density at radius 1 is 1.00 bits per heavy atom. The van der Waals surface area contributed by atoms with Crippen molar-refractivity contribution in [2.45, 2.75) is 18.9 Å². The average molecular weight is 236 g/mol. The van der Waals surface area contributed by atoms with Gasteiger partial charge in [-0.25, -0.2) is 0 Å². The Morgan fingerprint density at radius 2 is 1.67 bits per heavy atom. The summed E-state index contributed by atoms with van der Waals surface area (Å²) in [6, 6.07) is 19.8. The van der Waals surface area contributed by atoms with Gasteiger partial charge in [-0.1, -0.05) is 49.4 Å². The van der Waals surface area contributed by atoms with Crippen molar-refractivity contribution in [2.75, 3.05) is 0 Å². The molecule has 0 bridgehead atoms. The lowest BCUT2D eigenvalue weighted by atomic mass is 9.89. The van der Waals surface area contributed by atoms with Gasteiger partial charge in [-0.05, 0) is 23.3 Å². The van der Waals surface area contributed by atoms with Crippen molar-refractivity contribution in [2.24, 2.45) is 5.73 Å². The van der Waals surface area contributed by atoms with Gasteiger partial charge in [0, 0.05) is 12.0 Å². The summed E-state index contributed by atoms with van der Waals surface area (Å²) in [6.45, 7) is 2.11. The van der Waals surface area contributed by atoms with Crippen LogP contribution in [-0.2, 0) is 0 Å². The monoisotopic (exact) mass is 236 g/mol. The van der Waals surface area contributed by atoms with E-state index in [1.165, 1.54) is 5.56 Å². The summed E-state index contributed by atoms with van der Waals surface area (Å²) in [6.07, 6.45) is 0. The lowest BCUT2D eigenvalue weighted by Crippen LogP contribution is -2.17. The summed E-state index contributed by atoms with van der Waals surface area (Å²) in [5.74, 6) is 0.222. The molecule has 2 unspecified atom stereocenters. The summed E-state index contributed by atoms with van der Waals surface area (Å²) in [5.41, 5.74) is 9.16. The summed E-state index contributed by atoms with van der Waals surface area (Å²) in [7, 11) is 0. The highest BCUT2D eigenvalue weighted by atomic mass is 14.6. The second-order valence-corrected chi connectivity index (χ2v) is 4.46. The van der Waals surface area contributed by atoms with Crippen molar-refractivity contribution in [1.82, 2.24) is 0 Å². The van der Waals surface area contributed by atoms with Crippen LogP contribution in [0.2, 0.25) is 0 Å². The molecule has 0 saturated carbocycles. The third-order valence-electron chi connectivity index (χ3n) is 3.26. The molecule has 0 fully saturated rings. The van der Waals surface area contributed by atoms with E-state index in [-0.39, 0.29) is 12.0 Å². The number of hydrogen-bond acceptors (Lipinski definition) is 2. The van der Waals surface area contributed by atoms with Gasteiger partial charge in [-0.3, -0.25) is 0 Å². The predicted octanol–water partition coefficient (Wildman–Crippen LogP) is 3.36. The molecule has 0 aliphatic rings. The molecule has 0 aliphatic carbocycles. The van der Waals surface area contributed by atoms with E-state index in [0.29, 0.717) is 5.56 Å². The number of nitrogens with two attached hydrogens (primary N) is 1. The third-order valence-corrected chi connectivity index (χ3v) is 3.26. The van der Waals surface area contributed by atoms with Crippen molar-refractivity contribution in [3.63, 3.8) is 0 Å². The molecule has 0 amide bonds. The molecule has 0 aliphatic heterocycles. The van der Waals surface area contributed by atoms with Gasteiger partial charge in [-0.15, -0.1) is 0 Å². The van der Waals surface area contributed by atoms with Crippen LogP contribution in [0, 0.1) is 11.3 Å². The molecule has 0 aromatic heterocycles. The molecule has 0 radical (unpaired) electrons. The lowest BCUT2D eigenvalue weighted by Gasteiger charge is -2.20. The van der Waals surface area contributed by atoms with Crippen molar-refractivity contribution in [3.05, 3.63) is 71.3 Å². The van der Waals surface area contributed by atoms with Gasteiger partial charge < -0.3 is 5.73 Å². The van der Waals surface area contributed by atoms with E-state index in [0.717, 1.165) is 5.56 Å². The Bertz CT molecular complexity index is 555. The zero-order chi connectivity index (χ0) is 13.0. The normalized spacial score (nSPS) is 13.6. The van der Waals surface area contributed by atoms with Crippen LogP contribution >= 0.6 is 0 Å². The summed E-state index contributed by atoms with van der Waals surface area (Å²) < 4.78 is 0. The zero-order valence-electron chi connectivity index (χ0n) is 10.4. The molecule has 0 heterocycles. The Kier molecular flexibility index (Phi) is 3.76. The van der Waals surface area contributed by atoms with Crippen LogP contribution < -0.4 is 5.73 Å². The topological polar surface area (TPSA) is 49.8 Å². The van der Waals surface area contributed by atoms with Gasteiger partial charge in [0.05, 0.1) is 11.6 Å². The van der Waals surface area contributed by atoms with Crippen LogP contribution in [0.25, 0.3) is 0 Å². The smallest absolute Gasteiger partial charge is 0.0991 e. The first-order chi connectivity index (χ1) is 8.72. The fourth-order valence-electron chi connectivity index (χ4n) is 2.07. The Labute approximate surface area is 108 Å². The number of benzene rings is 2. The van der Waals surface area contributed by atoms with E-state index in [9.17, 15) is 0 Å². The number of rotatable bonds is 3. The third kappa shape index (κ3) is 2.58. The highest BCUT2D eigenvalue weighted by Gasteiger charge is 2.16. The van der Waals surface area contributed by atoms with Gasteiger partial charge in [0.2, 0.25) is 0 Å². The molecule has 0 spiro atoms. The van der Waals surface area contributed by atoms with E-state index in [1.54, 1.807) is 6.07 Å². The maximum Gasteiger partial charge on any atom is 0.0991 e. The van der Waals surface area contributed by atoms with Gasteiger partial charge in [-0.2, -0.15) is 5.26 Å². The molecule has 2 aromatic carbocycles. The predicted molar refractivity (Wildman–Crippen MR) is 72.9 cm³/mol. The Hall–Kier alpha value is -2.11. The highest BCUT2D eigenvalue weighted by Crippen LogP contribution is 2.28. The highest BCUT2D eigenvalue weighted by molar-refractivity contribution is 5.36. The fourth-order valence-corrected chi connectivity index (χ4v) is 2.07. The van der Waals surface area contributed by atoms with Gasteiger partial charge in [0.25, 0.3) is 0 Å². The van der Waals surface area contributed by atoms with Crippen molar-refractivity contribution >= 4 is 0 Å². The van der Waals surface area contributed by atoms with Crippen molar-refractivity contribution in [1.29, 1.82) is 5.26 Å². The summed E-state index contributed by atoms with van der Waals surface area (Å²) in [5, 5.41) is 8.91. The second-order valence-electron chi connectivity index (χ2n) is 4.46. The van der Waals surface area contributed by atoms with Gasteiger partial charge in [0.1, 0.15) is 0 Å². The molecule has 0 saturated heterocycles. The minimum atomic E-state index is -0.0966. The minimum absolute atomic E-state index is 0.0966. The molecule has 2 atom stereocenters. The van der Waals surface area contributed by atoms with Crippen molar-refractivity contribution in [3.8, 4) is 6.07 Å². The van der Waals surface area contributed by atoms with Gasteiger partial charge >= 0.3 is 0 Å². The molecule has 18 heavy (non-hydrogen) atoms. The van der Waals surface area contributed by atoms with E-state index in [2.05, 4.69) is 25.1 Å². The minimum Gasteiger partial charge on any atom is -0.323 e. The zero-order valence-corrected chi connectivity index (χ0v) is 10.4. The molecule has 2 N–H and O–H groups in total. The number of hydrogen-bond donors (Lipinski definition) is 1. The standard InChI is InChI=1S/C16H16N2/c1-12(14-7-3-2-4-8-14)16(18)15-9-5-6-13(10-15)11-17/h2-10,12,16H,18H2,1H3. The molecule has 2 nitrogen and oxygen atoms in total. The van der Waals surface area contributed by atoms with Gasteiger partial charge in [0.15, 0.2) is 0 Å². The first kappa shape index (κ1) is 12.3. The van der Waals surface area contributed by atoms with E-state index in [1.807, 2.05) is 36.4 Å². The lowest BCUT2D eigenvalue weighted by molar-refractivity contribution is 0.598. The SMILES string of the molecule is CC(c1ccccc1)C(N)c1cccc(C#N)c1. The maximum atomic E-state index is 8.91. The first-order valence-corrected chi connectivity index (χ1v) is 6.03. The fraction of sp³-hybridized carbons (Fsp3) is 0.188. The number of nitrogens with zero attached hydrogens (tertiary/aromatic N) is 1. The molecular formula is C16H16N2.